The molecule has 1 unspecified atom stereocenters. The molecule has 116 valence electrons. The van der Waals surface area contributed by atoms with Crippen LogP contribution in [0.3, 0.4) is 0 Å². The minimum atomic E-state index is -0.886. The number of carbonyl (C=O) groups is 2. The normalized spacial score (nSPS) is 12.2. The number of nitrogens with one attached hydrogen (secondary N) is 2. The lowest BCUT2D eigenvalue weighted by Crippen LogP contribution is -2.34. The Morgan fingerprint density at radius 3 is 2.52 bits per heavy atom. The highest BCUT2D eigenvalue weighted by Crippen LogP contribution is 2.14. The number of hydrogen-bond donors (Lipinski definition) is 3. The maximum atomic E-state index is 12.0. The summed E-state index contributed by atoms with van der Waals surface area (Å²) in [5.74, 6) is -1.16. The van der Waals surface area contributed by atoms with Gasteiger partial charge in [-0.15, -0.1) is 0 Å². The lowest BCUT2D eigenvalue weighted by Gasteiger charge is -2.17. The van der Waals surface area contributed by atoms with E-state index >= 15 is 0 Å². The minimum absolute atomic E-state index is 0.00269. The van der Waals surface area contributed by atoms with Crippen LogP contribution < -0.4 is 10.9 Å². The number of carboxylic acid groups (broad SMARTS) is 1. The molecular formula is C15H22N2O4. The maximum Gasteiger partial charge on any atom is 0.303 e. The van der Waals surface area contributed by atoms with Gasteiger partial charge in [0.1, 0.15) is 5.56 Å². The Bertz CT molecular complexity index is 563. The topological polar surface area (TPSA) is 99.3 Å². The Kier molecular flexibility index (Phi) is 6.14. The third kappa shape index (κ3) is 5.81. The fourth-order valence-electron chi connectivity index (χ4n) is 2.24. The Hall–Kier alpha value is -2.11. The number of aliphatic carboxylic acids is 1. The molecule has 0 radical (unpaired) electrons. The zero-order chi connectivity index (χ0) is 16.0. The highest BCUT2D eigenvalue weighted by Gasteiger charge is 2.17. The number of H-pyrrole nitrogens is 1. The van der Waals surface area contributed by atoms with Crippen molar-refractivity contribution in [2.45, 2.75) is 33.6 Å². The average Bonchev–Trinajstić information content (AvgIpc) is 2.34. The van der Waals surface area contributed by atoms with Crippen molar-refractivity contribution in [2.24, 2.45) is 11.8 Å². The molecule has 21 heavy (non-hydrogen) atoms. The summed E-state index contributed by atoms with van der Waals surface area (Å²) in [5, 5.41) is 11.5. The van der Waals surface area contributed by atoms with E-state index in [4.69, 9.17) is 5.11 Å². The van der Waals surface area contributed by atoms with Crippen molar-refractivity contribution in [3.63, 3.8) is 0 Å². The van der Waals surface area contributed by atoms with Gasteiger partial charge in [0.2, 0.25) is 0 Å². The van der Waals surface area contributed by atoms with Crippen molar-refractivity contribution >= 4 is 11.9 Å². The number of aromatic amines is 1. The van der Waals surface area contributed by atoms with Gasteiger partial charge in [0.25, 0.3) is 11.5 Å². The van der Waals surface area contributed by atoms with Gasteiger partial charge in [0.15, 0.2) is 0 Å². The van der Waals surface area contributed by atoms with Gasteiger partial charge in [-0.25, -0.2) is 0 Å². The van der Waals surface area contributed by atoms with Gasteiger partial charge >= 0.3 is 5.97 Å². The molecule has 6 nitrogen and oxygen atoms in total. The minimum Gasteiger partial charge on any atom is -0.481 e. The number of hydrogen-bond acceptors (Lipinski definition) is 3. The number of pyridine rings is 1. The van der Waals surface area contributed by atoms with Crippen LogP contribution in [0.15, 0.2) is 16.9 Å². The monoisotopic (exact) mass is 294 g/mol. The van der Waals surface area contributed by atoms with Gasteiger partial charge in [0, 0.05) is 18.7 Å². The molecule has 0 aliphatic rings. The molecule has 1 heterocycles. The summed E-state index contributed by atoms with van der Waals surface area (Å²) in [5.41, 5.74) is 0.283. The molecule has 0 aliphatic heterocycles. The summed E-state index contributed by atoms with van der Waals surface area (Å²) < 4.78 is 0. The quantitative estimate of drug-likeness (QED) is 0.710. The van der Waals surface area contributed by atoms with Crippen molar-refractivity contribution in [1.29, 1.82) is 0 Å². The van der Waals surface area contributed by atoms with Gasteiger partial charge in [-0.3, -0.25) is 14.4 Å². The van der Waals surface area contributed by atoms with Crippen molar-refractivity contribution in [3.05, 3.63) is 33.7 Å². The highest BCUT2D eigenvalue weighted by molar-refractivity contribution is 5.93. The molecule has 1 amide bonds. The van der Waals surface area contributed by atoms with Gasteiger partial charge in [-0.1, -0.05) is 13.8 Å². The van der Waals surface area contributed by atoms with Crippen LogP contribution in [0.4, 0.5) is 0 Å². The van der Waals surface area contributed by atoms with Crippen molar-refractivity contribution in [3.8, 4) is 0 Å². The van der Waals surface area contributed by atoms with E-state index in [1.807, 2.05) is 13.8 Å². The molecule has 0 fully saturated rings. The van der Waals surface area contributed by atoms with Gasteiger partial charge in [0.05, 0.1) is 0 Å². The molecule has 3 N–H and O–H groups in total. The molecule has 0 saturated heterocycles. The number of amides is 1. The molecule has 1 aromatic rings. The lowest BCUT2D eigenvalue weighted by molar-refractivity contribution is -0.138. The molecular weight excluding hydrogens is 272 g/mol. The first-order valence-electron chi connectivity index (χ1n) is 6.99. The fraction of sp³-hybridized carbons (Fsp3) is 0.533. The van der Waals surface area contributed by atoms with Crippen molar-refractivity contribution in [1.82, 2.24) is 10.3 Å². The van der Waals surface area contributed by atoms with Crippen LogP contribution in [0.2, 0.25) is 0 Å². The van der Waals surface area contributed by atoms with Gasteiger partial charge < -0.3 is 15.4 Å². The number of aryl methyl sites for hydroxylation is 1. The predicted octanol–water partition coefficient (Wildman–Crippen LogP) is 1.55. The summed E-state index contributed by atoms with van der Waals surface area (Å²) in [4.78, 5) is 37.0. The molecule has 1 atom stereocenters. The van der Waals surface area contributed by atoms with Crippen LogP contribution in [0.25, 0.3) is 0 Å². The first-order chi connectivity index (χ1) is 9.79. The second-order valence-electron chi connectivity index (χ2n) is 5.69. The van der Waals surface area contributed by atoms with E-state index in [2.05, 4.69) is 10.3 Å². The molecule has 1 rings (SSSR count). The van der Waals surface area contributed by atoms with E-state index in [1.165, 1.54) is 6.07 Å². The summed E-state index contributed by atoms with van der Waals surface area (Å²) in [6, 6.07) is 3.12. The SMILES string of the molecule is Cc1ccc(C(=O)NCC(CC(=O)O)CC(C)C)c(=O)[nH]1. The second-order valence-corrected chi connectivity index (χ2v) is 5.69. The van der Waals surface area contributed by atoms with Gasteiger partial charge in [-0.2, -0.15) is 0 Å². The Morgan fingerprint density at radius 2 is 2.00 bits per heavy atom. The molecule has 0 saturated carbocycles. The smallest absolute Gasteiger partial charge is 0.303 e. The van der Waals surface area contributed by atoms with Crippen LogP contribution in [-0.4, -0.2) is 28.5 Å². The molecule has 6 heteroatoms. The zero-order valence-corrected chi connectivity index (χ0v) is 12.6. The van der Waals surface area contributed by atoms with E-state index < -0.39 is 17.4 Å². The third-order valence-electron chi connectivity index (χ3n) is 3.12. The summed E-state index contributed by atoms with van der Waals surface area (Å²) in [7, 11) is 0. The molecule has 1 aromatic heterocycles. The summed E-state index contributed by atoms with van der Waals surface area (Å²) in [6.45, 7) is 5.98. The van der Waals surface area contributed by atoms with Crippen molar-refractivity contribution in [2.75, 3.05) is 6.54 Å². The fourth-order valence-corrected chi connectivity index (χ4v) is 2.24. The number of aromatic nitrogens is 1. The molecule has 0 aliphatic carbocycles. The van der Waals surface area contributed by atoms with Crippen LogP contribution in [0, 0.1) is 18.8 Å². The predicted molar refractivity (Wildman–Crippen MR) is 79.3 cm³/mol. The largest absolute Gasteiger partial charge is 0.481 e. The van der Waals surface area contributed by atoms with Gasteiger partial charge in [-0.05, 0) is 37.3 Å². The average molecular weight is 294 g/mol. The zero-order valence-electron chi connectivity index (χ0n) is 12.6. The summed E-state index contributed by atoms with van der Waals surface area (Å²) in [6.07, 6.45) is 0.708. The van der Waals surface area contributed by atoms with E-state index in [9.17, 15) is 14.4 Å². The van der Waals surface area contributed by atoms with E-state index in [-0.39, 0.29) is 24.4 Å². The number of rotatable bonds is 7. The van der Waals surface area contributed by atoms with Crippen LogP contribution in [0.5, 0.6) is 0 Å². The standard InChI is InChI=1S/C15H22N2O4/c1-9(2)6-11(7-13(18)19)8-16-14(20)12-5-4-10(3)17-15(12)21/h4-5,9,11H,6-8H2,1-3H3,(H,16,20)(H,17,21)(H,18,19). The summed E-state index contributed by atoms with van der Waals surface area (Å²) >= 11 is 0. The maximum absolute atomic E-state index is 12.0. The van der Waals surface area contributed by atoms with Crippen molar-refractivity contribution < 1.29 is 14.7 Å². The highest BCUT2D eigenvalue weighted by atomic mass is 16.4. The van der Waals surface area contributed by atoms with Crippen LogP contribution >= 0.6 is 0 Å². The first-order valence-corrected chi connectivity index (χ1v) is 6.99. The second kappa shape index (κ2) is 7.61. The third-order valence-corrected chi connectivity index (χ3v) is 3.12. The molecule has 0 aromatic carbocycles. The van der Waals surface area contributed by atoms with E-state index in [1.54, 1.807) is 13.0 Å². The Labute approximate surface area is 123 Å². The number of carboxylic acids is 1. The Morgan fingerprint density at radius 1 is 1.33 bits per heavy atom. The molecule has 0 spiro atoms. The number of carbonyl (C=O) groups excluding carboxylic acids is 1. The first kappa shape index (κ1) is 16.9. The van der Waals surface area contributed by atoms with E-state index in [0.717, 1.165) is 0 Å². The Balaban J connectivity index is 2.68. The lowest BCUT2D eigenvalue weighted by atomic mass is 9.94. The molecule has 0 bridgehead atoms. The van der Waals surface area contributed by atoms with Crippen LogP contribution in [-0.2, 0) is 4.79 Å². The van der Waals surface area contributed by atoms with Crippen LogP contribution in [0.1, 0.15) is 42.7 Å². The van der Waals surface area contributed by atoms with E-state index in [0.29, 0.717) is 18.0 Å².